The standard InChI is InChI=1S/C15H23N3O3/c1-4-21-13-11(3)12(16-9-17-13)18-15(14(19)20)7-5-10(2)6-8-15/h9-10H,4-8H2,1-3H3,(H,19,20)(H,16,17,18). The molecule has 0 atom stereocenters. The van der Waals surface area contributed by atoms with Gasteiger partial charge in [-0.15, -0.1) is 0 Å². The summed E-state index contributed by atoms with van der Waals surface area (Å²) >= 11 is 0. The molecule has 0 aromatic carbocycles. The number of hydrogen-bond acceptors (Lipinski definition) is 5. The van der Waals surface area contributed by atoms with Gasteiger partial charge in [0, 0.05) is 0 Å². The van der Waals surface area contributed by atoms with Gasteiger partial charge in [0.15, 0.2) is 0 Å². The number of anilines is 1. The highest BCUT2D eigenvalue weighted by molar-refractivity contribution is 5.83. The maximum absolute atomic E-state index is 11.8. The maximum Gasteiger partial charge on any atom is 0.329 e. The minimum absolute atomic E-state index is 0.500. The average molecular weight is 293 g/mol. The van der Waals surface area contributed by atoms with E-state index in [-0.39, 0.29) is 0 Å². The van der Waals surface area contributed by atoms with Crippen LogP contribution < -0.4 is 10.1 Å². The highest BCUT2D eigenvalue weighted by atomic mass is 16.5. The normalized spacial score (nSPS) is 25.4. The first kappa shape index (κ1) is 15.5. The van der Waals surface area contributed by atoms with E-state index in [4.69, 9.17) is 4.74 Å². The first-order chi connectivity index (χ1) is 9.98. The number of nitrogens with zero attached hydrogens (tertiary/aromatic N) is 2. The Morgan fingerprint density at radius 3 is 2.71 bits per heavy atom. The molecule has 0 spiro atoms. The highest BCUT2D eigenvalue weighted by Crippen LogP contribution is 2.35. The van der Waals surface area contributed by atoms with Crippen LogP contribution in [0, 0.1) is 12.8 Å². The monoisotopic (exact) mass is 293 g/mol. The highest BCUT2D eigenvalue weighted by Gasteiger charge is 2.41. The molecule has 6 heteroatoms. The molecule has 0 unspecified atom stereocenters. The van der Waals surface area contributed by atoms with Crippen LogP contribution in [0.5, 0.6) is 5.88 Å². The molecule has 0 bridgehead atoms. The predicted octanol–water partition coefficient (Wildman–Crippen LogP) is 2.63. The van der Waals surface area contributed by atoms with E-state index in [0.29, 0.717) is 37.1 Å². The lowest BCUT2D eigenvalue weighted by Gasteiger charge is -2.37. The Morgan fingerprint density at radius 1 is 1.48 bits per heavy atom. The third-order valence-electron chi connectivity index (χ3n) is 4.21. The van der Waals surface area contributed by atoms with Crippen LogP contribution in [-0.4, -0.2) is 33.2 Å². The number of ether oxygens (including phenoxy) is 1. The van der Waals surface area contributed by atoms with Gasteiger partial charge in [-0.05, 0) is 45.4 Å². The van der Waals surface area contributed by atoms with Gasteiger partial charge in [0.05, 0.1) is 12.2 Å². The van der Waals surface area contributed by atoms with E-state index in [1.165, 1.54) is 6.33 Å². The lowest BCUT2D eigenvalue weighted by atomic mass is 9.77. The molecule has 0 aliphatic heterocycles. The van der Waals surface area contributed by atoms with E-state index < -0.39 is 11.5 Å². The van der Waals surface area contributed by atoms with E-state index in [2.05, 4.69) is 22.2 Å². The van der Waals surface area contributed by atoms with Gasteiger partial charge in [0.1, 0.15) is 17.7 Å². The van der Waals surface area contributed by atoms with Crippen LogP contribution in [0.2, 0.25) is 0 Å². The third kappa shape index (κ3) is 3.25. The zero-order valence-corrected chi connectivity index (χ0v) is 12.8. The van der Waals surface area contributed by atoms with Crippen molar-refractivity contribution in [2.45, 2.75) is 52.0 Å². The largest absolute Gasteiger partial charge is 0.480 e. The molecule has 1 heterocycles. The number of rotatable bonds is 5. The Morgan fingerprint density at radius 2 is 2.14 bits per heavy atom. The van der Waals surface area contributed by atoms with Crippen molar-refractivity contribution in [1.82, 2.24) is 9.97 Å². The molecule has 0 amide bonds. The quantitative estimate of drug-likeness (QED) is 0.868. The number of carbonyl (C=O) groups is 1. The predicted molar refractivity (Wildman–Crippen MR) is 79.6 cm³/mol. The second kappa shape index (κ2) is 6.28. The summed E-state index contributed by atoms with van der Waals surface area (Å²) in [6.07, 6.45) is 4.43. The van der Waals surface area contributed by atoms with Crippen molar-refractivity contribution in [2.24, 2.45) is 5.92 Å². The van der Waals surface area contributed by atoms with Crippen LogP contribution in [0.15, 0.2) is 6.33 Å². The maximum atomic E-state index is 11.8. The van der Waals surface area contributed by atoms with Crippen molar-refractivity contribution in [3.63, 3.8) is 0 Å². The van der Waals surface area contributed by atoms with Crippen LogP contribution in [-0.2, 0) is 4.79 Å². The number of carboxylic acids is 1. The molecular weight excluding hydrogens is 270 g/mol. The van der Waals surface area contributed by atoms with Crippen LogP contribution in [0.3, 0.4) is 0 Å². The molecule has 0 radical (unpaired) electrons. The smallest absolute Gasteiger partial charge is 0.329 e. The Bertz CT molecular complexity index is 511. The molecule has 1 aliphatic carbocycles. The van der Waals surface area contributed by atoms with Gasteiger partial charge >= 0.3 is 5.97 Å². The fourth-order valence-electron chi connectivity index (χ4n) is 2.72. The molecule has 21 heavy (non-hydrogen) atoms. The van der Waals surface area contributed by atoms with Gasteiger partial charge in [-0.25, -0.2) is 14.8 Å². The average Bonchev–Trinajstić information content (AvgIpc) is 2.46. The topological polar surface area (TPSA) is 84.3 Å². The summed E-state index contributed by atoms with van der Waals surface area (Å²) in [5.74, 6) is 0.806. The van der Waals surface area contributed by atoms with Gasteiger partial charge < -0.3 is 15.2 Å². The molecule has 1 aromatic heterocycles. The Hall–Kier alpha value is -1.85. The first-order valence-corrected chi connectivity index (χ1v) is 7.44. The lowest BCUT2D eigenvalue weighted by Crippen LogP contribution is -2.49. The van der Waals surface area contributed by atoms with Crippen molar-refractivity contribution >= 4 is 11.8 Å². The number of carboxylic acid groups (broad SMARTS) is 1. The molecule has 1 fully saturated rings. The van der Waals surface area contributed by atoms with Crippen molar-refractivity contribution < 1.29 is 14.6 Å². The molecule has 0 saturated heterocycles. The Kier molecular flexibility index (Phi) is 4.65. The van der Waals surface area contributed by atoms with E-state index >= 15 is 0 Å². The van der Waals surface area contributed by atoms with Gasteiger partial charge in [-0.2, -0.15) is 0 Å². The molecule has 6 nitrogen and oxygen atoms in total. The number of nitrogens with one attached hydrogen (secondary N) is 1. The molecular formula is C15H23N3O3. The number of aliphatic carboxylic acids is 1. The van der Waals surface area contributed by atoms with Crippen LogP contribution in [0.25, 0.3) is 0 Å². The van der Waals surface area contributed by atoms with Crippen molar-refractivity contribution in [3.05, 3.63) is 11.9 Å². The minimum Gasteiger partial charge on any atom is -0.480 e. The molecule has 1 aliphatic rings. The van der Waals surface area contributed by atoms with E-state index in [1.54, 1.807) is 0 Å². The Balaban J connectivity index is 2.26. The van der Waals surface area contributed by atoms with Gasteiger partial charge in [0.2, 0.25) is 5.88 Å². The summed E-state index contributed by atoms with van der Waals surface area (Å²) in [6.45, 7) is 6.40. The van der Waals surface area contributed by atoms with Crippen molar-refractivity contribution in [1.29, 1.82) is 0 Å². The van der Waals surface area contributed by atoms with Crippen LogP contribution in [0.1, 0.15) is 45.1 Å². The summed E-state index contributed by atoms with van der Waals surface area (Å²) in [4.78, 5) is 20.0. The van der Waals surface area contributed by atoms with E-state index in [1.807, 2.05) is 13.8 Å². The molecule has 1 saturated carbocycles. The third-order valence-corrected chi connectivity index (χ3v) is 4.21. The molecule has 116 valence electrons. The van der Waals surface area contributed by atoms with E-state index in [9.17, 15) is 9.90 Å². The zero-order chi connectivity index (χ0) is 15.5. The summed E-state index contributed by atoms with van der Waals surface area (Å²) in [5, 5.41) is 12.8. The minimum atomic E-state index is -0.935. The summed E-state index contributed by atoms with van der Waals surface area (Å²) in [6, 6.07) is 0. The first-order valence-electron chi connectivity index (χ1n) is 7.44. The van der Waals surface area contributed by atoms with Gasteiger partial charge in [0.25, 0.3) is 0 Å². The summed E-state index contributed by atoms with van der Waals surface area (Å²) in [5.41, 5.74) is -0.187. The molecule has 2 rings (SSSR count). The van der Waals surface area contributed by atoms with Crippen LogP contribution in [0.4, 0.5) is 5.82 Å². The zero-order valence-electron chi connectivity index (χ0n) is 12.8. The molecule has 2 N–H and O–H groups in total. The van der Waals surface area contributed by atoms with Gasteiger partial charge in [-0.1, -0.05) is 6.92 Å². The van der Waals surface area contributed by atoms with Gasteiger partial charge in [-0.3, -0.25) is 0 Å². The summed E-state index contributed by atoms with van der Waals surface area (Å²) in [7, 11) is 0. The number of hydrogen-bond donors (Lipinski definition) is 2. The van der Waals surface area contributed by atoms with Crippen molar-refractivity contribution in [2.75, 3.05) is 11.9 Å². The number of aromatic nitrogens is 2. The van der Waals surface area contributed by atoms with Crippen LogP contribution >= 0.6 is 0 Å². The fraction of sp³-hybridized carbons (Fsp3) is 0.667. The summed E-state index contributed by atoms with van der Waals surface area (Å²) < 4.78 is 5.44. The lowest BCUT2D eigenvalue weighted by molar-refractivity contribution is -0.143. The Labute approximate surface area is 124 Å². The fourth-order valence-corrected chi connectivity index (χ4v) is 2.72. The second-order valence-corrected chi connectivity index (χ2v) is 5.78. The van der Waals surface area contributed by atoms with Crippen molar-refractivity contribution in [3.8, 4) is 5.88 Å². The van der Waals surface area contributed by atoms with E-state index in [0.717, 1.165) is 18.4 Å². The second-order valence-electron chi connectivity index (χ2n) is 5.78. The molecule has 1 aromatic rings. The SMILES string of the molecule is CCOc1ncnc(NC2(C(=O)O)CCC(C)CC2)c1C.